The molecule has 1 aromatic rings. The molecule has 0 aromatic heterocycles. The lowest BCUT2D eigenvalue weighted by molar-refractivity contribution is 0.119. The van der Waals surface area contributed by atoms with E-state index in [4.69, 9.17) is 16.3 Å². The van der Waals surface area contributed by atoms with E-state index in [1.807, 2.05) is 0 Å². The number of benzene rings is 1. The maximum atomic E-state index is 5.82. The molecule has 0 N–H and O–H groups in total. The van der Waals surface area contributed by atoms with E-state index in [1.165, 1.54) is 11.1 Å². The van der Waals surface area contributed by atoms with Crippen molar-refractivity contribution in [3.05, 3.63) is 35.4 Å². The van der Waals surface area contributed by atoms with E-state index >= 15 is 0 Å². The zero-order valence-electron chi connectivity index (χ0n) is 10.6. The molecule has 1 unspecified atom stereocenters. The third-order valence-electron chi connectivity index (χ3n) is 3.23. The van der Waals surface area contributed by atoms with Crippen LogP contribution in [0.4, 0.5) is 0 Å². The molecule has 16 heavy (non-hydrogen) atoms. The third-order valence-corrected chi connectivity index (χ3v) is 3.42. The molecule has 1 atom stereocenters. The summed E-state index contributed by atoms with van der Waals surface area (Å²) in [7, 11) is 1.73. The van der Waals surface area contributed by atoms with E-state index in [0.717, 1.165) is 6.42 Å². The van der Waals surface area contributed by atoms with Gasteiger partial charge in [0.25, 0.3) is 0 Å². The maximum Gasteiger partial charge on any atom is 0.0793 e. The van der Waals surface area contributed by atoms with Crippen molar-refractivity contribution in [1.82, 2.24) is 0 Å². The number of rotatable bonds is 5. The molecule has 0 amide bonds. The van der Waals surface area contributed by atoms with Crippen molar-refractivity contribution in [1.29, 1.82) is 0 Å². The molecule has 1 nitrogen and oxygen atoms in total. The normalized spacial score (nSPS) is 13.8. The Labute approximate surface area is 104 Å². The predicted molar refractivity (Wildman–Crippen MR) is 70.2 cm³/mol. The Morgan fingerprint density at radius 3 is 2.25 bits per heavy atom. The van der Waals surface area contributed by atoms with Crippen molar-refractivity contribution in [2.75, 3.05) is 13.0 Å². The smallest absolute Gasteiger partial charge is 0.0793 e. The summed E-state index contributed by atoms with van der Waals surface area (Å²) >= 11 is 5.82. The average molecular weight is 241 g/mol. The fourth-order valence-corrected chi connectivity index (χ4v) is 2.19. The van der Waals surface area contributed by atoms with Crippen molar-refractivity contribution in [2.45, 2.75) is 38.7 Å². The van der Waals surface area contributed by atoms with Crippen molar-refractivity contribution in [3.63, 3.8) is 0 Å². The highest BCUT2D eigenvalue weighted by Gasteiger charge is 2.19. The van der Waals surface area contributed by atoms with E-state index in [-0.39, 0.29) is 11.5 Å². The molecule has 0 fully saturated rings. The van der Waals surface area contributed by atoms with Crippen LogP contribution in [0.25, 0.3) is 0 Å². The molecule has 1 rings (SSSR count). The summed E-state index contributed by atoms with van der Waals surface area (Å²) in [5.41, 5.74) is 2.70. The van der Waals surface area contributed by atoms with Crippen LogP contribution >= 0.6 is 11.6 Å². The molecule has 0 aliphatic carbocycles. The van der Waals surface area contributed by atoms with Crippen LogP contribution in [0.3, 0.4) is 0 Å². The molecule has 0 heterocycles. The molecule has 2 heteroatoms. The summed E-state index contributed by atoms with van der Waals surface area (Å²) in [5, 5.41) is 0. The summed E-state index contributed by atoms with van der Waals surface area (Å²) in [5.74, 6) is 0.698. The highest BCUT2D eigenvalue weighted by molar-refractivity contribution is 6.17. The molecular formula is C14H21ClO. The van der Waals surface area contributed by atoms with Gasteiger partial charge in [-0.1, -0.05) is 38.1 Å². The molecule has 0 bridgehead atoms. The Morgan fingerprint density at radius 1 is 1.25 bits per heavy atom. The minimum Gasteiger partial charge on any atom is -0.377 e. The van der Waals surface area contributed by atoms with Gasteiger partial charge in [0.2, 0.25) is 0 Å². The zero-order chi connectivity index (χ0) is 12.2. The molecule has 0 saturated heterocycles. The van der Waals surface area contributed by atoms with Crippen molar-refractivity contribution >= 4 is 11.6 Å². The Bertz CT molecular complexity index is 316. The van der Waals surface area contributed by atoms with E-state index in [1.54, 1.807) is 7.11 Å². The van der Waals surface area contributed by atoms with Crippen LogP contribution in [0.5, 0.6) is 0 Å². The van der Waals surface area contributed by atoms with Gasteiger partial charge in [-0.15, -0.1) is 11.6 Å². The summed E-state index contributed by atoms with van der Waals surface area (Å²) < 4.78 is 5.29. The minimum atomic E-state index is 0.149. The van der Waals surface area contributed by atoms with Gasteiger partial charge >= 0.3 is 0 Å². The molecule has 90 valence electrons. The van der Waals surface area contributed by atoms with E-state index < -0.39 is 0 Å². The van der Waals surface area contributed by atoms with E-state index in [9.17, 15) is 0 Å². The predicted octanol–water partition coefficient (Wildman–Crippen LogP) is 4.30. The second-order valence-electron chi connectivity index (χ2n) is 4.82. The van der Waals surface area contributed by atoms with Gasteiger partial charge in [-0.2, -0.15) is 0 Å². The van der Waals surface area contributed by atoms with Gasteiger partial charge in [-0.3, -0.25) is 0 Å². The molecule has 0 spiro atoms. The first-order chi connectivity index (χ1) is 7.51. The highest BCUT2D eigenvalue weighted by Crippen LogP contribution is 2.28. The highest BCUT2D eigenvalue weighted by atomic mass is 35.5. The van der Waals surface area contributed by atoms with Gasteiger partial charge in [0.15, 0.2) is 0 Å². The summed E-state index contributed by atoms with van der Waals surface area (Å²) in [6.07, 6.45) is 1.15. The number of alkyl halides is 1. The van der Waals surface area contributed by atoms with Gasteiger partial charge in [0, 0.05) is 13.0 Å². The maximum absolute atomic E-state index is 5.82. The van der Waals surface area contributed by atoms with Crippen LogP contribution in [0.2, 0.25) is 0 Å². The van der Waals surface area contributed by atoms with Gasteiger partial charge in [-0.25, -0.2) is 0 Å². The Morgan fingerprint density at radius 2 is 1.81 bits per heavy atom. The van der Waals surface area contributed by atoms with Crippen LogP contribution in [0, 0.1) is 0 Å². The van der Waals surface area contributed by atoms with Crippen molar-refractivity contribution < 1.29 is 4.74 Å². The van der Waals surface area contributed by atoms with Crippen LogP contribution < -0.4 is 0 Å². The first-order valence-electron chi connectivity index (χ1n) is 5.70. The standard InChI is InChI=1S/C14H21ClO/c1-11(16-4)12-5-7-13(8-6-12)14(2,3)9-10-15/h5-8,11H,9-10H2,1-4H3. The fraction of sp³-hybridized carbons (Fsp3) is 0.571. The molecule has 0 saturated carbocycles. The SMILES string of the molecule is COC(C)c1ccc(C(C)(C)CCCl)cc1. The van der Waals surface area contributed by atoms with Crippen LogP contribution in [0.15, 0.2) is 24.3 Å². The number of hydrogen-bond donors (Lipinski definition) is 0. The lowest BCUT2D eigenvalue weighted by Crippen LogP contribution is -2.17. The lowest BCUT2D eigenvalue weighted by atomic mass is 9.82. The molecular weight excluding hydrogens is 220 g/mol. The summed E-state index contributed by atoms with van der Waals surface area (Å²) in [6, 6.07) is 8.63. The largest absolute Gasteiger partial charge is 0.377 e. The van der Waals surface area contributed by atoms with Crippen LogP contribution in [-0.2, 0) is 10.2 Å². The second kappa shape index (κ2) is 5.70. The van der Waals surface area contributed by atoms with Gasteiger partial charge in [0.05, 0.1) is 6.10 Å². The number of halogens is 1. The Hall–Kier alpha value is -0.530. The average Bonchev–Trinajstić information content (AvgIpc) is 2.28. The summed E-state index contributed by atoms with van der Waals surface area (Å²) in [6.45, 7) is 6.51. The first kappa shape index (κ1) is 13.5. The third kappa shape index (κ3) is 3.23. The topological polar surface area (TPSA) is 9.23 Å². The van der Waals surface area contributed by atoms with Crippen LogP contribution in [0.1, 0.15) is 44.4 Å². The monoisotopic (exact) mass is 240 g/mol. The number of methoxy groups -OCH3 is 1. The second-order valence-corrected chi connectivity index (χ2v) is 5.20. The Kier molecular flexibility index (Phi) is 4.82. The van der Waals surface area contributed by atoms with Crippen LogP contribution in [-0.4, -0.2) is 13.0 Å². The molecule has 0 radical (unpaired) electrons. The fourth-order valence-electron chi connectivity index (χ4n) is 1.72. The molecule has 1 aromatic carbocycles. The van der Waals surface area contributed by atoms with E-state index in [2.05, 4.69) is 45.0 Å². The quantitative estimate of drug-likeness (QED) is 0.698. The van der Waals surface area contributed by atoms with Crippen molar-refractivity contribution in [2.24, 2.45) is 0 Å². The minimum absolute atomic E-state index is 0.149. The number of ether oxygens (including phenoxy) is 1. The van der Waals surface area contributed by atoms with Gasteiger partial charge in [0.1, 0.15) is 0 Å². The van der Waals surface area contributed by atoms with Gasteiger partial charge in [-0.05, 0) is 29.9 Å². The first-order valence-corrected chi connectivity index (χ1v) is 6.24. The summed E-state index contributed by atoms with van der Waals surface area (Å²) in [4.78, 5) is 0. The molecule has 0 aliphatic heterocycles. The molecule has 0 aliphatic rings. The van der Waals surface area contributed by atoms with E-state index in [0.29, 0.717) is 5.88 Å². The zero-order valence-corrected chi connectivity index (χ0v) is 11.3. The number of hydrogen-bond acceptors (Lipinski definition) is 1. The van der Waals surface area contributed by atoms with Crippen molar-refractivity contribution in [3.8, 4) is 0 Å². The van der Waals surface area contributed by atoms with Gasteiger partial charge < -0.3 is 4.74 Å². The Balaban J connectivity index is 2.86. The lowest BCUT2D eigenvalue weighted by Gasteiger charge is -2.24.